The highest BCUT2D eigenvalue weighted by molar-refractivity contribution is 7.12. The first kappa shape index (κ1) is 14.0. The van der Waals surface area contributed by atoms with Crippen LogP contribution in [0.3, 0.4) is 0 Å². The lowest BCUT2D eigenvalue weighted by Crippen LogP contribution is -1.93. The van der Waals surface area contributed by atoms with Crippen molar-refractivity contribution in [2.24, 2.45) is 0 Å². The minimum Gasteiger partial charge on any atom is -0.264 e. The van der Waals surface area contributed by atoms with Crippen molar-refractivity contribution in [2.45, 2.75) is 0 Å². The van der Waals surface area contributed by atoms with Gasteiger partial charge < -0.3 is 0 Å². The van der Waals surface area contributed by atoms with E-state index in [2.05, 4.69) is 20.3 Å². The average Bonchev–Trinajstić information content (AvgIpc) is 3.26. The lowest BCUT2D eigenvalue weighted by atomic mass is 10.2. The molecule has 0 fully saturated rings. The van der Waals surface area contributed by atoms with Crippen molar-refractivity contribution in [3.05, 3.63) is 65.4 Å². The van der Waals surface area contributed by atoms with Crippen LogP contribution in [0.2, 0.25) is 5.02 Å². The van der Waals surface area contributed by atoms with Crippen molar-refractivity contribution in [1.82, 2.24) is 25.0 Å². The molecule has 0 saturated carbocycles. The summed E-state index contributed by atoms with van der Waals surface area (Å²) >= 11 is 7.43. The van der Waals surface area contributed by atoms with Crippen LogP contribution in [0.4, 0.5) is 0 Å². The molecule has 4 rings (SSSR count). The first-order chi connectivity index (χ1) is 11.3. The molecule has 0 amide bonds. The molecule has 0 saturated heterocycles. The standard InChI is InChI=1S/C16H10ClN5S/c17-13-5-3-11(4-6-13)15-10-23-16(19-15)22-9-14(20-21-22)12-2-1-7-18-8-12/h1-10H. The second-order valence-electron chi connectivity index (χ2n) is 4.81. The van der Waals surface area contributed by atoms with Gasteiger partial charge >= 0.3 is 0 Å². The monoisotopic (exact) mass is 339 g/mol. The van der Waals surface area contributed by atoms with E-state index in [1.807, 2.05) is 48.0 Å². The summed E-state index contributed by atoms with van der Waals surface area (Å²) in [6.45, 7) is 0. The highest BCUT2D eigenvalue weighted by Crippen LogP contribution is 2.25. The normalized spacial score (nSPS) is 10.8. The number of halogens is 1. The number of rotatable bonds is 3. The minimum absolute atomic E-state index is 0.710. The lowest BCUT2D eigenvalue weighted by Gasteiger charge is -1.96. The Morgan fingerprint density at radius 1 is 1.00 bits per heavy atom. The Balaban J connectivity index is 1.65. The Morgan fingerprint density at radius 2 is 1.87 bits per heavy atom. The van der Waals surface area contributed by atoms with Crippen LogP contribution in [0.1, 0.15) is 0 Å². The summed E-state index contributed by atoms with van der Waals surface area (Å²) in [5.74, 6) is 0. The maximum Gasteiger partial charge on any atom is 0.212 e. The van der Waals surface area contributed by atoms with Crippen molar-refractivity contribution in [1.29, 1.82) is 0 Å². The molecule has 0 aliphatic heterocycles. The van der Waals surface area contributed by atoms with E-state index in [0.29, 0.717) is 5.02 Å². The van der Waals surface area contributed by atoms with E-state index in [1.165, 1.54) is 11.3 Å². The summed E-state index contributed by atoms with van der Waals surface area (Å²) in [6.07, 6.45) is 5.34. The number of benzene rings is 1. The molecule has 0 spiro atoms. The molecule has 5 nitrogen and oxygen atoms in total. The Labute approximate surface area is 141 Å². The number of pyridine rings is 1. The van der Waals surface area contributed by atoms with E-state index in [-0.39, 0.29) is 0 Å². The molecular formula is C16H10ClN5S. The van der Waals surface area contributed by atoms with Gasteiger partial charge in [-0.05, 0) is 24.3 Å². The van der Waals surface area contributed by atoms with Gasteiger partial charge in [0.05, 0.1) is 11.9 Å². The highest BCUT2D eigenvalue weighted by atomic mass is 35.5. The van der Waals surface area contributed by atoms with Crippen molar-refractivity contribution >= 4 is 22.9 Å². The van der Waals surface area contributed by atoms with Gasteiger partial charge in [-0.3, -0.25) is 4.98 Å². The molecule has 3 aromatic heterocycles. The van der Waals surface area contributed by atoms with Gasteiger partial charge in [-0.1, -0.05) is 28.9 Å². The maximum atomic E-state index is 5.92. The molecule has 4 aromatic rings. The SMILES string of the molecule is Clc1ccc(-c2csc(-n3cc(-c4cccnc4)nn3)n2)cc1. The Morgan fingerprint density at radius 3 is 2.65 bits per heavy atom. The fourth-order valence-electron chi connectivity index (χ4n) is 2.13. The van der Waals surface area contributed by atoms with Gasteiger partial charge in [0.1, 0.15) is 5.69 Å². The van der Waals surface area contributed by atoms with Crippen LogP contribution >= 0.6 is 22.9 Å². The maximum absolute atomic E-state index is 5.92. The van der Waals surface area contributed by atoms with Crippen molar-refractivity contribution in [3.63, 3.8) is 0 Å². The summed E-state index contributed by atoms with van der Waals surface area (Å²) in [5, 5.41) is 11.8. The van der Waals surface area contributed by atoms with Gasteiger partial charge in [0.25, 0.3) is 0 Å². The summed E-state index contributed by atoms with van der Waals surface area (Å²) in [5.41, 5.74) is 3.60. The highest BCUT2D eigenvalue weighted by Gasteiger charge is 2.10. The lowest BCUT2D eigenvalue weighted by molar-refractivity contribution is 0.798. The number of aromatic nitrogens is 5. The predicted octanol–water partition coefficient (Wildman–Crippen LogP) is 4.11. The Kier molecular flexibility index (Phi) is 3.61. The number of hydrogen-bond acceptors (Lipinski definition) is 5. The third-order valence-corrected chi connectivity index (χ3v) is 4.36. The molecule has 0 aliphatic rings. The van der Waals surface area contributed by atoms with Gasteiger partial charge in [-0.2, -0.15) is 4.68 Å². The average molecular weight is 340 g/mol. The van der Waals surface area contributed by atoms with Crippen LogP contribution in [0, 0.1) is 0 Å². The summed E-state index contributed by atoms with van der Waals surface area (Å²) < 4.78 is 1.67. The zero-order valence-corrected chi connectivity index (χ0v) is 13.4. The van der Waals surface area contributed by atoms with E-state index in [0.717, 1.165) is 27.6 Å². The van der Waals surface area contributed by atoms with Crippen LogP contribution in [-0.4, -0.2) is 25.0 Å². The van der Waals surface area contributed by atoms with Gasteiger partial charge in [-0.25, -0.2) is 4.98 Å². The zero-order valence-electron chi connectivity index (χ0n) is 11.8. The first-order valence-electron chi connectivity index (χ1n) is 6.84. The molecule has 7 heteroatoms. The van der Waals surface area contributed by atoms with Gasteiger partial charge in [0.2, 0.25) is 5.13 Å². The van der Waals surface area contributed by atoms with Gasteiger partial charge in [0, 0.05) is 33.9 Å². The van der Waals surface area contributed by atoms with E-state index < -0.39 is 0 Å². The molecule has 0 unspecified atom stereocenters. The Hall–Kier alpha value is -2.57. The largest absolute Gasteiger partial charge is 0.264 e. The molecule has 0 bridgehead atoms. The molecule has 0 N–H and O–H groups in total. The fourth-order valence-corrected chi connectivity index (χ4v) is 3.01. The quantitative estimate of drug-likeness (QED) is 0.563. The smallest absolute Gasteiger partial charge is 0.212 e. The minimum atomic E-state index is 0.710. The fraction of sp³-hybridized carbons (Fsp3) is 0. The Bertz CT molecular complexity index is 931. The van der Waals surface area contributed by atoms with E-state index in [1.54, 1.807) is 17.1 Å². The molecule has 1 aromatic carbocycles. The van der Waals surface area contributed by atoms with Crippen molar-refractivity contribution in [2.75, 3.05) is 0 Å². The summed E-state index contributed by atoms with van der Waals surface area (Å²) in [7, 11) is 0. The number of thiazole rings is 1. The van der Waals surface area contributed by atoms with E-state index >= 15 is 0 Å². The summed E-state index contributed by atoms with van der Waals surface area (Å²) in [6, 6.07) is 11.4. The molecular weight excluding hydrogens is 330 g/mol. The van der Waals surface area contributed by atoms with Crippen LogP contribution in [0.25, 0.3) is 27.6 Å². The molecule has 112 valence electrons. The topological polar surface area (TPSA) is 56.5 Å². The zero-order chi connectivity index (χ0) is 15.6. The second kappa shape index (κ2) is 5.91. The molecule has 0 aliphatic carbocycles. The molecule has 0 atom stereocenters. The van der Waals surface area contributed by atoms with Gasteiger partial charge in [0.15, 0.2) is 0 Å². The third kappa shape index (κ3) is 2.86. The van der Waals surface area contributed by atoms with E-state index in [9.17, 15) is 0 Å². The second-order valence-corrected chi connectivity index (χ2v) is 6.09. The number of nitrogens with zero attached hydrogens (tertiary/aromatic N) is 5. The van der Waals surface area contributed by atoms with Gasteiger partial charge in [-0.15, -0.1) is 16.4 Å². The van der Waals surface area contributed by atoms with E-state index in [4.69, 9.17) is 11.6 Å². The number of hydrogen-bond donors (Lipinski definition) is 0. The van der Waals surface area contributed by atoms with Crippen LogP contribution in [-0.2, 0) is 0 Å². The molecule has 3 heterocycles. The van der Waals surface area contributed by atoms with Crippen molar-refractivity contribution in [3.8, 4) is 27.6 Å². The summed E-state index contributed by atoms with van der Waals surface area (Å²) in [4.78, 5) is 8.70. The molecule has 0 radical (unpaired) electrons. The first-order valence-corrected chi connectivity index (χ1v) is 8.10. The van der Waals surface area contributed by atoms with Crippen molar-refractivity contribution < 1.29 is 0 Å². The predicted molar refractivity (Wildman–Crippen MR) is 90.7 cm³/mol. The van der Waals surface area contributed by atoms with Crippen LogP contribution in [0.5, 0.6) is 0 Å². The third-order valence-electron chi connectivity index (χ3n) is 3.28. The van der Waals surface area contributed by atoms with Crippen LogP contribution in [0.15, 0.2) is 60.4 Å². The molecule has 23 heavy (non-hydrogen) atoms. The van der Waals surface area contributed by atoms with Crippen LogP contribution < -0.4 is 0 Å².